The zero-order valence-corrected chi connectivity index (χ0v) is 26.8. The van der Waals surface area contributed by atoms with E-state index in [1.807, 2.05) is 32.0 Å². The second-order valence-electron chi connectivity index (χ2n) is 12.3. The molecule has 44 heavy (non-hydrogen) atoms. The van der Waals surface area contributed by atoms with Gasteiger partial charge in [-0.1, -0.05) is 37.6 Å². The van der Waals surface area contributed by atoms with E-state index >= 15 is 0 Å². The number of methoxy groups -OCH3 is 2. The summed E-state index contributed by atoms with van der Waals surface area (Å²) in [5.41, 5.74) is 2.64. The van der Waals surface area contributed by atoms with Gasteiger partial charge in [-0.05, 0) is 73.1 Å². The van der Waals surface area contributed by atoms with Gasteiger partial charge in [0.05, 0.1) is 0 Å². The van der Waals surface area contributed by atoms with Crippen molar-refractivity contribution in [3.8, 4) is 0 Å². The number of hydrogen-bond acceptors (Lipinski definition) is 7. The maximum Gasteiger partial charge on any atom is 0.319 e. The zero-order chi connectivity index (χ0) is 32.2. The van der Waals surface area contributed by atoms with E-state index in [1.165, 1.54) is 4.90 Å². The highest BCUT2D eigenvalue weighted by Crippen LogP contribution is 2.33. The van der Waals surface area contributed by atoms with Crippen molar-refractivity contribution >= 4 is 41.0 Å². The number of urea groups is 1. The molecular weight excluding hydrogens is 588 g/mol. The molecule has 2 aromatic carbocycles. The van der Waals surface area contributed by atoms with Crippen LogP contribution in [0, 0.1) is 0 Å². The lowest BCUT2D eigenvalue weighted by molar-refractivity contribution is -0.221. The van der Waals surface area contributed by atoms with Crippen LogP contribution in [-0.4, -0.2) is 67.4 Å². The minimum Gasteiger partial charge on any atom is -0.370 e. The Hall–Kier alpha value is -3.51. The summed E-state index contributed by atoms with van der Waals surface area (Å²) in [4.78, 5) is 51.1. The Balaban J connectivity index is 1.33. The highest BCUT2D eigenvalue weighted by Gasteiger charge is 2.39. The van der Waals surface area contributed by atoms with Crippen molar-refractivity contribution in [2.45, 2.75) is 83.4 Å². The van der Waals surface area contributed by atoms with Gasteiger partial charge < -0.3 is 29.7 Å². The van der Waals surface area contributed by atoms with Crippen LogP contribution in [0.5, 0.6) is 0 Å². The van der Waals surface area contributed by atoms with Gasteiger partial charge in [0.15, 0.2) is 6.29 Å². The van der Waals surface area contributed by atoms with E-state index in [-0.39, 0.29) is 36.7 Å². The third kappa shape index (κ3) is 7.76. The number of nitrogens with one attached hydrogen (secondary N) is 3. The molecule has 2 aromatic rings. The normalized spacial score (nSPS) is 17.1. The predicted octanol–water partition coefficient (Wildman–Crippen LogP) is 4.50. The summed E-state index contributed by atoms with van der Waals surface area (Å²) in [6.45, 7) is 8.94. The minimum absolute atomic E-state index is 0.198. The molecule has 2 aliphatic rings. The lowest BCUT2D eigenvalue weighted by Crippen LogP contribution is -2.52. The minimum atomic E-state index is -0.675. The van der Waals surface area contributed by atoms with E-state index in [1.54, 1.807) is 32.4 Å². The van der Waals surface area contributed by atoms with Gasteiger partial charge in [0, 0.05) is 56.6 Å². The first kappa shape index (κ1) is 33.4. The molecule has 3 N–H and O–H groups in total. The smallest absolute Gasteiger partial charge is 0.319 e. The number of hydrogen-bond donors (Lipinski definition) is 3. The van der Waals surface area contributed by atoms with E-state index in [2.05, 4.69) is 29.8 Å². The molecule has 1 atom stereocenters. The van der Waals surface area contributed by atoms with Crippen molar-refractivity contribution < 1.29 is 33.4 Å². The number of halogens is 1. The van der Waals surface area contributed by atoms with Gasteiger partial charge in [0.2, 0.25) is 11.8 Å². The van der Waals surface area contributed by atoms with E-state index in [9.17, 15) is 19.2 Å². The molecule has 0 aromatic heterocycles. The van der Waals surface area contributed by atoms with Crippen LogP contribution in [0.25, 0.3) is 0 Å². The molecule has 5 amide bonds. The molecule has 0 aliphatic carbocycles. The topological polar surface area (TPSA) is 135 Å². The summed E-state index contributed by atoms with van der Waals surface area (Å²) in [5.74, 6) is -1.02. The van der Waals surface area contributed by atoms with Crippen LogP contribution >= 0.6 is 11.6 Å². The Kier molecular flexibility index (Phi) is 10.3. The number of fused-ring (bicyclic) bond motifs is 1. The Morgan fingerprint density at radius 1 is 1.09 bits per heavy atom. The van der Waals surface area contributed by atoms with E-state index < -0.39 is 29.9 Å². The van der Waals surface area contributed by atoms with Gasteiger partial charge in [-0.2, -0.15) is 0 Å². The summed E-state index contributed by atoms with van der Waals surface area (Å²) >= 11 is 6.44. The molecule has 0 spiro atoms. The summed E-state index contributed by atoms with van der Waals surface area (Å²) in [6.07, 6.45) is 0.683. The monoisotopic (exact) mass is 628 g/mol. The van der Waals surface area contributed by atoms with Gasteiger partial charge in [-0.15, -0.1) is 0 Å². The molecular formula is C32H41ClN4O7. The third-order valence-corrected chi connectivity index (χ3v) is 8.39. The van der Waals surface area contributed by atoms with E-state index in [4.69, 9.17) is 25.8 Å². The fraction of sp³-hybridized carbons (Fsp3) is 0.500. The van der Waals surface area contributed by atoms with E-state index in [0.29, 0.717) is 35.7 Å². The lowest BCUT2D eigenvalue weighted by atomic mass is 9.81. The number of piperidine rings is 1. The third-order valence-electron chi connectivity index (χ3n) is 8.18. The van der Waals surface area contributed by atoms with Crippen LogP contribution in [0.4, 0.5) is 10.5 Å². The van der Waals surface area contributed by atoms with Crippen LogP contribution in [0.2, 0.25) is 5.02 Å². The predicted molar refractivity (Wildman–Crippen MR) is 165 cm³/mol. The number of nitrogens with zero attached hydrogens (tertiary/aromatic N) is 1. The van der Waals surface area contributed by atoms with Crippen molar-refractivity contribution in [2.24, 2.45) is 0 Å². The quantitative estimate of drug-likeness (QED) is 0.233. The Bertz CT molecular complexity index is 1420. The molecule has 2 aliphatic heterocycles. The van der Waals surface area contributed by atoms with Crippen molar-refractivity contribution in [1.82, 2.24) is 15.5 Å². The zero-order valence-electron chi connectivity index (χ0n) is 26.0. The van der Waals surface area contributed by atoms with Crippen LogP contribution in [0.1, 0.15) is 74.0 Å². The summed E-state index contributed by atoms with van der Waals surface area (Å²) in [7, 11) is 3.15. The van der Waals surface area contributed by atoms with Crippen LogP contribution in [-0.2, 0) is 42.3 Å². The Morgan fingerprint density at radius 3 is 2.50 bits per heavy atom. The van der Waals surface area contributed by atoms with Gasteiger partial charge in [-0.3, -0.25) is 19.7 Å². The number of benzene rings is 2. The molecule has 1 saturated heterocycles. The second-order valence-corrected chi connectivity index (χ2v) is 12.8. The molecule has 11 nitrogen and oxygen atoms in total. The molecule has 2 heterocycles. The molecule has 0 radical (unpaired) electrons. The first-order valence-electron chi connectivity index (χ1n) is 14.6. The van der Waals surface area contributed by atoms with Crippen molar-refractivity contribution in [2.75, 3.05) is 26.1 Å². The fourth-order valence-electron chi connectivity index (χ4n) is 5.59. The first-order valence-corrected chi connectivity index (χ1v) is 14.9. The molecule has 4 rings (SSSR count). The molecule has 1 unspecified atom stereocenters. The number of rotatable bonds is 12. The number of carbonyl (C=O) groups excluding carboxylic acids is 4. The van der Waals surface area contributed by atoms with Gasteiger partial charge in [-0.25, -0.2) is 4.79 Å². The summed E-state index contributed by atoms with van der Waals surface area (Å²) < 4.78 is 16.8. The second kappa shape index (κ2) is 13.6. The van der Waals surface area contributed by atoms with Crippen molar-refractivity contribution in [3.63, 3.8) is 0 Å². The Labute approximate surface area is 262 Å². The van der Waals surface area contributed by atoms with Crippen molar-refractivity contribution in [1.29, 1.82) is 0 Å². The molecule has 0 saturated carbocycles. The Morgan fingerprint density at radius 2 is 1.82 bits per heavy atom. The molecule has 238 valence electrons. The highest BCUT2D eigenvalue weighted by molar-refractivity contribution is 6.31. The number of carbonyl (C=O) groups is 4. The summed E-state index contributed by atoms with van der Waals surface area (Å²) in [6, 6.07) is 9.71. The number of anilines is 1. The van der Waals surface area contributed by atoms with Crippen LogP contribution in [0.3, 0.4) is 0 Å². The fourth-order valence-corrected chi connectivity index (χ4v) is 5.83. The lowest BCUT2D eigenvalue weighted by Gasteiger charge is -2.34. The largest absolute Gasteiger partial charge is 0.370 e. The summed E-state index contributed by atoms with van der Waals surface area (Å²) in [5, 5.41) is 8.51. The molecule has 0 bridgehead atoms. The van der Waals surface area contributed by atoms with E-state index in [0.717, 1.165) is 16.7 Å². The van der Waals surface area contributed by atoms with Gasteiger partial charge in [0.25, 0.3) is 5.91 Å². The number of amides is 5. The average molecular weight is 629 g/mol. The maximum absolute atomic E-state index is 12.9. The molecule has 1 fully saturated rings. The SMILES string of the molecule is COC(OC)C(C)(C)OCCC(C)(C)c1cc(Cl)cc(NC(=O)NCc2ccc3c(c2)CN(C2CCC(=O)NC2=O)C3=O)c1. The average Bonchev–Trinajstić information content (AvgIpc) is 3.27. The number of imide groups is 1. The van der Waals surface area contributed by atoms with Crippen LogP contribution in [0.15, 0.2) is 36.4 Å². The van der Waals surface area contributed by atoms with Gasteiger partial charge >= 0.3 is 6.03 Å². The first-order chi connectivity index (χ1) is 20.7. The number of ether oxygens (including phenoxy) is 3. The van der Waals surface area contributed by atoms with Gasteiger partial charge in [0.1, 0.15) is 11.6 Å². The maximum atomic E-state index is 12.9. The highest BCUT2D eigenvalue weighted by atomic mass is 35.5. The van der Waals surface area contributed by atoms with Crippen LogP contribution < -0.4 is 16.0 Å². The van der Waals surface area contributed by atoms with Crippen molar-refractivity contribution in [3.05, 3.63) is 63.7 Å². The standard InChI is InChI=1S/C32H41ClN4O7/c1-31(2,11-12-44-32(3,4)29(42-5)43-6)21-14-22(33)16-23(15-21)35-30(41)34-17-19-7-8-24-20(13-19)18-37(28(24)40)25-9-10-26(38)36-27(25)39/h7-8,13-16,25,29H,9-12,17-18H2,1-6H3,(H2,34,35,41)(H,36,38,39). The molecule has 12 heteroatoms.